The van der Waals surface area contributed by atoms with Gasteiger partial charge >= 0.3 is 0 Å². The fourth-order valence-corrected chi connectivity index (χ4v) is 5.03. The summed E-state index contributed by atoms with van der Waals surface area (Å²) >= 11 is 0. The van der Waals surface area contributed by atoms with Gasteiger partial charge in [-0.2, -0.15) is 0 Å². The van der Waals surface area contributed by atoms with E-state index in [0.717, 1.165) is 47.8 Å². The van der Waals surface area contributed by atoms with E-state index in [1.54, 1.807) is 0 Å². The number of fused-ring (bicyclic) bond motifs is 3. The number of benzene rings is 1. The van der Waals surface area contributed by atoms with Crippen molar-refractivity contribution < 1.29 is 15.0 Å². The van der Waals surface area contributed by atoms with E-state index in [1.807, 2.05) is 24.4 Å². The van der Waals surface area contributed by atoms with E-state index in [-0.39, 0.29) is 38.3 Å². The molecule has 8 nitrogen and oxygen atoms in total. The molecule has 0 bridgehead atoms. The number of rotatable bonds is 9. The summed E-state index contributed by atoms with van der Waals surface area (Å²) in [7, 11) is 0. The topological polar surface area (TPSA) is 102 Å². The van der Waals surface area contributed by atoms with Gasteiger partial charge in [0.25, 0.3) is 5.91 Å². The smallest absolute Gasteiger partial charge is 0.255 e. The van der Waals surface area contributed by atoms with Crippen LogP contribution in [0.1, 0.15) is 50.9 Å². The Morgan fingerprint density at radius 3 is 2.66 bits per heavy atom. The number of carbonyl (C=O) groups excluding carboxylic acids is 1. The van der Waals surface area contributed by atoms with Crippen molar-refractivity contribution in [3.63, 3.8) is 0 Å². The van der Waals surface area contributed by atoms with E-state index in [9.17, 15) is 15.0 Å². The number of nitrogens with zero attached hydrogens (tertiary/aromatic N) is 3. The Bertz CT molecular complexity index is 1210. The van der Waals surface area contributed by atoms with Gasteiger partial charge in [-0.3, -0.25) is 4.79 Å². The fourth-order valence-electron chi connectivity index (χ4n) is 5.03. The monoisotopic (exact) mass is 479 g/mol. The first kappa shape index (κ1) is 25.2. The average Bonchev–Trinajstić information content (AvgIpc) is 3.15. The van der Waals surface area contributed by atoms with Crippen LogP contribution < -0.4 is 10.6 Å². The molecule has 1 aromatic carbocycles. The predicted molar refractivity (Wildman–Crippen MR) is 138 cm³/mol. The lowest BCUT2D eigenvalue weighted by molar-refractivity contribution is 0.0683. The van der Waals surface area contributed by atoms with Gasteiger partial charge in [0.2, 0.25) is 0 Å². The molecule has 1 unspecified atom stereocenters. The highest BCUT2D eigenvalue weighted by atomic mass is 16.3. The summed E-state index contributed by atoms with van der Waals surface area (Å²) in [6, 6.07) is 6.59. The first-order chi connectivity index (χ1) is 16.9. The third-order valence-corrected chi connectivity index (χ3v) is 7.18. The minimum atomic E-state index is -0.188. The zero-order valence-corrected chi connectivity index (χ0v) is 21.2. The number of amides is 1. The summed E-state index contributed by atoms with van der Waals surface area (Å²) in [6.45, 7) is 9.84. The number of hydrogen-bond donors (Lipinski definition) is 4. The Morgan fingerprint density at radius 1 is 1.23 bits per heavy atom. The second kappa shape index (κ2) is 10.8. The number of hydrogen-bond acceptors (Lipinski definition) is 6. The molecule has 0 spiro atoms. The molecule has 3 aromatic rings. The maximum atomic E-state index is 13.6. The van der Waals surface area contributed by atoms with E-state index in [4.69, 9.17) is 4.98 Å². The molecule has 0 saturated carbocycles. The molecule has 1 aliphatic rings. The largest absolute Gasteiger partial charge is 0.395 e. The first-order valence-electron chi connectivity index (χ1n) is 12.5. The summed E-state index contributed by atoms with van der Waals surface area (Å²) in [4.78, 5) is 19.9. The third kappa shape index (κ3) is 4.91. The quantitative estimate of drug-likeness (QED) is 0.376. The van der Waals surface area contributed by atoms with Crippen LogP contribution >= 0.6 is 0 Å². The molecule has 0 saturated heterocycles. The molecule has 8 heteroatoms. The van der Waals surface area contributed by atoms with Crippen LogP contribution in [0.3, 0.4) is 0 Å². The van der Waals surface area contributed by atoms with Crippen molar-refractivity contribution >= 4 is 17.2 Å². The van der Waals surface area contributed by atoms with Gasteiger partial charge in [0.15, 0.2) is 5.65 Å². The molecular formula is C27H37N5O3. The SMILES string of the molecule is CCc1cccc(C)c1CNC1CNc2c(c(C(=O)N(CCO)CCO)cn3c(C)c(C)nc23)C1. The molecule has 0 radical (unpaired) electrons. The molecule has 4 N–H and O–H groups in total. The molecular weight excluding hydrogens is 442 g/mol. The Hall–Kier alpha value is -2.94. The van der Waals surface area contributed by atoms with Gasteiger partial charge in [0, 0.05) is 44.1 Å². The zero-order chi connectivity index (χ0) is 25.1. The fraction of sp³-hybridized carbons (Fsp3) is 0.481. The summed E-state index contributed by atoms with van der Waals surface area (Å²) in [5.74, 6) is -0.188. The highest BCUT2D eigenvalue weighted by molar-refractivity contribution is 5.98. The van der Waals surface area contributed by atoms with Crippen LogP contribution in [0.5, 0.6) is 0 Å². The van der Waals surface area contributed by atoms with Crippen molar-refractivity contribution in [3.8, 4) is 0 Å². The number of aromatic nitrogens is 2. The lowest BCUT2D eigenvalue weighted by Gasteiger charge is -2.31. The van der Waals surface area contributed by atoms with Crippen molar-refractivity contribution in [2.45, 2.75) is 53.1 Å². The molecule has 1 aliphatic heterocycles. The third-order valence-electron chi connectivity index (χ3n) is 7.18. The van der Waals surface area contributed by atoms with Gasteiger partial charge in [-0.15, -0.1) is 0 Å². The average molecular weight is 480 g/mol. The number of pyridine rings is 1. The van der Waals surface area contributed by atoms with Crippen LogP contribution in [0.4, 0.5) is 5.69 Å². The number of aryl methyl sites for hydroxylation is 4. The van der Waals surface area contributed by atoms with E-state index in [1.165, 1.54) is 21.6 Å². The molecule has 2 aromatic heterocycles. The number of aliphatic hydroxyl groups excluding tert-OH is 2. The Morgan fingerprint density at radius 2 is 1.97 bits per heavy atom. The minimum Gasteiger partial charge on any atom is -0.395 e. The lowest BCUT2D eigenvalue weighted by Crippen LogP contribution is -2.42. The lowest BCUT2D eigenvalue weighted by atomic mass is 9.94. The molecule has 188 valence electrons. The van der Waals surface area contributed by atoms with Crippen LogP contribution in [-0.4, -0.2) is 69.3 Å². The van der Waals surface area contributed by atoms with Crippen LogP contribution in [-0.2, 0) is 19.4 Å². The van der Waals surface area contributed by atoms with Gasteiger partial charge < -0.3 is 30.1 Å². The van der Waals surface area contributed by atoms with Gasteiger partial charge in [-0.05, 0) is 55.9 Å². The molecule has 35 heavy (non-hydrogen) atoms. The van der Waals surface area contributed by atoms with Gasteiger partial charge in [-0.25, -0.2) is 4.98 Å². The van der Waals surface area contributed by atoms with Crippen LogP contribution in [0.15, 0.2) is 24.4 Å². The number of carbonyl (C=O) groups is 1. The number of aliphatic hydroxyl groups is 2. The molecule has 0 fully saturated rings. The Kier molecular flexibility index (Phi) is 7.74. The van der Waals surface area contributed by atoms with Crippen LogP contribution in [0.2, 0.25) is 0 Å². The van der Waals surface area contributed by atoms with E-state index in [2.05, 4.69) is 42.7 Å². The normalized spacial score (nSPS) is 15.2. The van der Waals surface area contributed by atoms with Gasteiger partial charge in [0.05, 0.1) is 30.2 Å². The Balaban J connectivity index is 1.69. The van der Waals surface area contributed by atoms with E-state index in [0.29, 0.717) is 12.0 Å². The second-order valence-electron chi connectivity index (χ2n) is 9.34. The summed E-state index contributed by atoms with van der Waals surface area (Å²) in [5, 5.41) is 26.2. The van der Waals surface area contributed by atoms with Crippen LogP contribution in [0, 0.1) is 20.8 Å². The van der Waals surface area contributed by atoms with Crippen molar-refractivity contribution in [2.24, 2.45) is 0 Å². The number of imidazole rings is 1. The van der Waals surface area contributed by atoms with Crippen molar-refractivity contribution in [2.75, 3.05) is 38.2 Å². The summed E-state index contributed by atoms with van der Waals surface area (Å²) in [5.41, 5.74) is 9.11. The highest BCUT2D eigenvalue weighted by Crippen LogP contribution is 2.32. The number of anilines is 1. The minimum absolute atomic E-state index is 0.141. The standard InChI is InChI=1S/C27H37N5O3/c1-5-20-8-6-7-17(2)23(20)15-28-21-13-22-24(27(35)31(9-11-33)10-12-34)16-32-19(4)18(3)30-26(32)25(22)29-14-21/h6-8,16,21,28-29,33-34H,5,9-15H2,1-4H3. The first-order valence-corrected chi connectivity index (χ1v) is 12.5. The van der Waals surface area contributed by atoms with Crippen LogP contribution in [0.25, 0.3) is 5.65 Å². The van der Waals surface area contributed by atoms with E-state index >= 15 is 0 Å². The Labute approximate surface area is 207 Å². The predicted octanol–water partition coefficient (Wildman–Crippen LogP) is 2.38. The van der Waals surface area contributed by atoms with Crippen molar-refractivity contribution in [1.29, 1.82) is 0 Å². The molecule has 1 amide bonds. The molecule has 0 aliphatic carbocycles. The molecule has 1 atom stereocenters. The molecule has 3 heterocycles. The van der Waals surface area contributed by atoms with E-state index < -0.39 is 0 Å². The van der Waals surface area contributed by atoms with Crippen molar-refractivity contribution in [3.05, 3.63) is 63.6 Å². The second-order valence-corrected chi connectivity index (χ2v) is 9.34. The van der Waals surface area contributed by atoms with Gasteiger partial charge in [-0.1, -0.05) is 25.1 Å². The number of nitrogens with one attached hydrogen (secondary N) is 2. The van der Waals surface area contributed by atoms with Crippen molar-refractivity contribution in [1.82, 2.24) is 19.6 Å². The highest BCUT2D eigenvalue weighted by Gasteiger charge is 2.29. The molecule has 4 rings (SSSR count). The zero-order valence-electron chi connectivity index (χ0n) is 21.2. The van der Waals surface area contributed by atoms with Gasteiger partial charge in [0.1, 0.15) is 0 Å². The maximum absolute atomic E-state index is 13.6. The summed E-state index contributed by atoms with van der Waals surface area (Å²) in [6.07, 6.45) is 3.55. The summed E-state index contributed by atoms with van der Waals surface area (Å²) < 4.78 is 1.97. The maximum Gasteiger partial charge on any atom is 0.255 e.